The van der Waals surface area contributed by atoms with Crippen molar-refractivity contribution in [1.82, 2.24) is 20.6 Å². The van der Waals surface area contributed by atoms with Crippen LogP contribution in [-0.4, -0.2) is 48.4 Å². The molecule has 0 radical (unpaired) electrons. The Balaban J connectivity index is 0.00000243. The molecule has 2 heterocycles. The van der Waals surface area contributed by atoms with Crippen LogP contribution in [0.3, 0.4) is 0 Å². The van der Waals surface area contributed by atoms with Crippen molar-refractivity contribution in [2.45, 2.75) is 25.9 Å². The minimum absolute atomic E-state index is 0. The molecule has 3 rings (SSSR count). The summed E-state index contributed by atoms with van der Waals surface area (Å²) >= 11 is 0. The number of halogens is 1. The van der Waals surface area contributed by atoms with E-state index in [-0.39, 0.29) is 41.5 Å². The highest BCUT2D eigenvalue weighted by atomic mass is 127. The Morgan fingerprint density at radius 1 is 1.35 bits per heavy atom. The van der Waals surface area contributed by atoms with Crippen LogP contribution >= 0.6 is 24.0 Å². The normalized spacial score (nSPS) is 19.0. The van der Waals surface area contributed by atoms with Gasteiger partial charge in [-0.3, -0.25) is 0 Å². The third kappa shape index (κ3) is 5.70. The van der Waals surface area contributed by atoms with Crippen LogP contribution in [0.5, 0.6) is 0 Å². The largest absolute Gasteiger partial charge is 0.357 e. The number of sulfone groups is 1. The van der Waals surface area contributed by atoms with Gasteiger partial charge in [0.25, 0.3) is 0 Å². The summed E-state index contributed by atoms with van der Waals surface area (Å²) in [5.41, 5.74) is 2.03. The predicted molar refractivity (Wildman–Crippen MR) is 114 cm³/mol. The fourth-order valence-corrected chi connectivity index (χ4v) is 4.46. The molecular weight excluding hydrogens is 465 g/mol. The smallest absolute Gasteiger partial charge is 0.191 e. The monoisotopic (exact) mass is 489 g/mol. The van der Waals surface area contributed by atoms with E-state index in [0.29, 0.717) is 25.5 Å². The zero-order valence-corrected chi connectivity index (χ0v) is 17.8. The second-order valence-electron chi connectivity index (χ2n) is 6.05. The second-order valence-corrected chi connectivity index (χ2v) is 8.28. The van der Waals surface area contributed by atoms with Gasteiger partial charge < -0.3 is 15.6 Å². The highest BCUT2D eigenvalue weighted by Crippen LogP contribution is 2.16. The van der Waals surface area contributed by atoms with Crippen LogP contribution in [0, 0.1) is 0 Å². The van der Waals surface area contributed by atoms with Crippen molar-refractivity contribution in [2.24, 2.45) is 4.99 Å². The molecule has 1 aliphatic heterocycles. The Morgan fingerprint density at radius 2 is 2.12 bits per heavy atom. The van der Waals surface area contributed by atoms with Crippen molar-refractivity contribution in [3.05, 3.63) is 42.4 Å². The molecule has 0 aliphatic carbocycles. The van der Waals surface area contributed by atoms with Gasteiger partial charge in [-0.2, -0.15) is 0 Å². The summed E-state index contributed by atoms with van der Waals surface area (Å²) in [4.78, 5) is 12.1. The molecule has 1 fully saturated rings. The zero-order valence-electron chi connectivity index (χ0n) is 14.6. The molecule has 0 amide bonds. The molecule has 142 valence electrons. The molecule has 1 aromatic carbocycles. The molecule has 7 nitrogen and oxygen atoms in total. The number of hydrogen-bond donors (Lipinski definition) is 3. The molecule has 0 bridgehead atoms. The van der Waals surface area contributed by atoms with E-state index >= 15 is 0 Å². The molecular formula is C17H24IN5O2S. The fourth-order valence-electron chi connectivity index (χ4n) is 2.78. The summed E-state index contributed by atoms with van der Waals surface area (Å²) in [5, 5.41) is 6.35. The van der Waals surface area contributed by atoms with Crippen molar-refractivity contribution in [3.63, 3.8) is 0 Å². The van der Waals surface area contributed by atoms with Gasteiger partial charge in [0.1, 0.15) is 12.4 Å². The van der Waals surface area contributed by atoms with Gasteiger partial charge in [0.15, 0.2) is 15.8 Å². The molecule has 3 N–H and O–H groups in total. The van der Waals surface area contributed by atoms with Crippen molar-refractivity contribution in [3.8, 4) is 11.3 Å². The average molecular weight is 489 g/mol. The van der Waals surface area contributed by atoms with Gasteiger partial charge in [-0.1, -0.05) is 30.3 Å². The van der Waals surface area contributed by atoms with E-state index < -0.39 is 9.84 Å². The Kier molecular flexibility index (Phi) is 7.44. The molecule has 1 aromatic heterocycles. The molecule has 1 unspecified atom stereocenters. The molecule has 1 saturated heterocycles. The lowest BCUT2D eigenvalue weighted by Crippen LogP contribution is -2.44. The van der Waals surface area contributed by atoms with Crippen LogP contribution in [0.4, 0.5) is 0 Å². The number of aliphatic imine (C=N–C) groups is 1. The topological polar surface area (TPSA) is 99.2 Å². The van der Waals surface area contributed by atoms with Gasteiger partial charge in [0.05, 0.1) is 23.4 Å². The van der Waals surface area contributed by atoms with E-state index in [4.69, 9.17) is 0 Å². The first-order valence-electron chi connectivity index (χ1n) is 8.40. The number of H-pyrrole nitrogens is 1. The van der Waals surface area contributed by atoms with Crippen molar-refractivity contribution >= 4 is 39.8 Å². The molecule has 1 aliphatic rings. The number of nitrogens with one attached hydrogen (secondary N) is 3. The Morgan fingerprint density at radius 3 is 2.77 bits per heavy atom. The number of hydrogen-bond acceptors (Lipinski definition) is 4. The number of nitrogens with zero attached hydrogens (tertiary/aromatic N) is 2. The summed E-state index contributed by atoms with van der Waals surface area (Å²) in [6.07, 6.45) is 2.41. The minimum atomic E-state index is -2.91. The van der Waals surface area contributed by atoms with Crippen LogP contribution < -0.4 is 10.6 Å². The van der Waals surface area contributed by atoms with Gasteiger partial charge in [-0.25, -0.2) is 18.4 Å². The lowest BCUT2D eigenvalue weighted by Gasteiger charge is -2.15. The maximum atomic E-state index is 11.6. The van der Waals surface area contributed by atoms with Crippen LogP contribution in [0.2, 0.25) is 0 Å². The van der Waals surface area contributed by atoms with E-state index in [9.17, 15) is 8.42 Å². The molecule has 1 atom stereocenters. The summed E-state index contributed by atoms with van der Waals surface area (Å²) in [5.74, 6) is 1.77. The molecule has 9 heteroatoms. The molecule has 2 aromatic rings. The van der Waals surface area contributed by atoms with E-state index in [1.165, 1.54) is 0 Å². The molecule has 0 spiro atoms. The van der Waals surface area contributed by atoms with E-state index in [2.05, 4.69) is 25.6 Å². The van der Waals surface area contributed by atoms with Crippen molar-refractivity contribution < 1.29 is 8.42 Å². The third-order valence-electron chi connectivity index (χ3n) is 4.02. The molecule has 0 saturated carbocycles. The van der Waals surface area contributed by atoms with Crippen LogP contribution in [-0.2, 0) is 16.4 Å². The SMILES string of the molecule is CCNC(=NCc1ncc(-c2ccccc2)[nH]1)NC1CCS(=O)(=O)C1.I. The van der Waals surface area contributed by atoms with Gasteiger partial charge >= 0.3 is 0 Å². The maximum Gasteiger partial charge on any atom is 0.191 e. The first kappa shape index (κ1) is 20.7. The van der Waals surface area contributed by atoms with Gasteiger partial charge in [0.2, 0.25) is 0 Å². The first-order chi connectivity index (χ1) is 12.1. The minimum Gasteiger partial charge on any atom is -0.357 e. The Labute approximate surface area is 171 Å². The summed E-state index contributed by atoms with van der Waals surface area (Å²) in [7, 11) is -2.91. The van der Waals surface area contributed by atoms with Crippen molar-refractivity contribution in [1.29, 1.82) is 0 Å². The van der Waals surface area contributed by atoms with Crippen molar-refractivity contribution in [2.75, 3.05) is 18.1 Å². The number of imidazole rings is 1. The Bertz CT molecular complexity index is 836. The Hall–Kier alpha value is -1.62. The molecule has 26 heavy (non-hydrogen) atoms. The highest BCUT2D eigenvalue weighted by Gasteiger charge is 2.28. The third-order valence-corrected chi connectivity index (χ3v) is 5.79. The van der Waals surface area contributed by atoms with Crippen LogP contribution in [0.1, 0.15) is 19.2 Å². The van der Waals surface area contributed by atoms with Crippen LogP contribution in [0.15, 0.2) is 41.5 Å². The number of benzene rings is 1. The second kappa shape index (κ2) is 9.36. The zero-order chi connectivity index (χ0) is 17.7. The van der Waals surface area contributed by atoms with E-state index in [1.54, 1.807) is 6.20 Å². The summed E-state index contributed by atoms with van der Waals surface area (Å²) in [6.45, 7) is 3.07. The number of aromatic amines is 1. The maximum absolute atomic E-state index is 11.6. The number of rotatable bonds is 5. The lowest BCUT2D eigenvalue weighted by atomic mass is 10.2. The number of guanidine groups is 1. The van der Waals surface area contributed by atoms with Crippen LogP contribution in [0.25, 0.3) is 11.3 Å². The highest BCUT2D eigenvalue weighted by molar-refractivity contribution is 14.0. The summed E-state index contributed by atoms with van der Waals surface area (Å²) < 4.78 is 23.2. The van der Waals surface area contributed by atoms with Gasteiger partial charge in [-0.15, -0.1) is 24.0 Å². The van der Waals surface area contributed by atoms with E-state index in [0.717, 1.165) is 17.1 Å². The first-order valence-corrected chi connectivity index (χ1v) is 10.2. The predicted octanol–water partition coefficient (Wildman–Crippen LogP) is 1.94. The average Bonchev–Trinajstić information content (AvgIpc) is 3.20. The number of aromatic nitrogens is 2. The van der Waals surface area contributed by atoms with E-state index in [1.807, 2.05) is 37.3 Å². The fraction of sp³-hybridized carbons (Fsp3) is 0.412. The standard InChI is InChI=1S/C17H23N5O2S.HI/c1-2-18-17(21-14-8-9-25(23,24)12-14)20-11-16-19-10-15(22-16)13-6-4-3-5-7-13;/h3-7,10,14H,2,8-9,11-12H2,1H3,(H,19,22)(H2,18,20,21);1H. The lowest BCUT2D eigenvalue weighted by molar-refractivity contribution is 0.599. The quantitative estimate of drug-likeness (QED) is 0.339. The van der Waals surface area contributed by atoms with Gasteiger partial charge in [-0.05, 0) is 18.9 Å². The summed E-state index contributed by atoms with van der Waals surface area (Å²) in [6, 6.07) is 9.90. The van der Waals surface area contributed by atoms with Gasteiger partial charge in [0, 0.05) is 12.6 Å².